The van der Waals surface area contributed by atoms with Crippen molar-refractivity contribution < 1.29 is 14.3 Å². The normalized spacial score (nSPS) is 14.1. The smallest absolute Gasteiger partial charge is 0.321 e. The van der Waals surface area contributed by atoms with E-state index >= 15 is 0 Å². The fourth-order valence-electron chi connectivity index (χ4n) is 2.70. The van der Waals surface area contributed by atoms with E-state index in [4.69, 9.17) is 4.74 Å². The van der Waals surface area contributed by atoms with E-state index in [0.717, 1.165) is 0 Å². The summed E-state index contributed by atoms with van der Waals surface area (Å²) in [7, 11) is 1.57. The van der Waals surface area contributed by atoms with Gasteiger partial charge in [0.1, 0.15) is 0 Å². The number of urea groups is 1. The molecule has 8 nitrogen and oxygen atoms in total. The lowest BCUT2D eigenvalue weighted by atomic mass is 10.1. The van der Waals surface area contributed by atoms with Crippen LogP contribution in [-0.2, 0) is 0 Å². The van der Waals surface area contributed by atoms with Crippen molar-refractivity contribution >= 4 is 23.5 Å². The number of benzene rings is 1. The first-order valence-electron chi connectivity index (χ1n) is 8.36. The van der Waals surface area contributed by atoms with Crippen LogP contribution in [0.5, 0.6) is 5.88 Å². The lowest BCUT2D eigenvalue weighted by Crippen LogP contribution is -2.50. The van der Waals surface area contributed by atoms with Crippen LogP contribution in [0.2, 0.25) is 0 Å². The minimum atomic E-state index is -0.160. The predicted molar refractivity (Wildman–Crippen MR) is 97.8 cm³/mol. The van der Waals surface area contributed by atoms with E-state index in [1.54, 1.807) is 48.5 Å². The van der Waals surface area contributed by atoms with Gasteiger partial charge in [-0.05, 0) is 31.2 Å². The van der Waals surface area contributed by atoms with Crippen molar-refractivity contribution in [2.24, 2.45) is 0 Å². The van der Waals surface area contributed by atoms with E-state index in [0.29, 0.717) is 49.3 Å². The number of anilines is 2. The molecule has 0 aliphatic carbocycles. The molecular formula is C18H21N5O3. The number of piperazine rings is 1. The van der Waals surface area contributed by atoms with Crippen LogP contribution in [0.4, 0.5) is 16.4 Å². The van der Waals surface area contributed by atoms with Crippen molar-refractivity contribution in [1.82, 2.24) is 14.9 Å². The molecule has 1 aromatic heterocycles. The molecule has 136 valence electrons. The molecule has 0 atom stereocenters. The summed E-state index contributed by atoms with van der Waals surface area (Å²) in [4.78, 5) is 36.1. The van der Waals surface area contributed by atoms with Crippen LogP contribution in [0.15, 0.2) is 36.5 Å². The summed E-state index contributed by atoms with van der Waals surface area (Å²) in [6.07, 6.45) is 1.66. The first kappa shape index (κ1) is 17.7. The Morgan fingerprint density at radius 3 is 2.38 bits per heavy atom. The van der Waals surface area contributed by atoms with Crippen LogP contribution in [0.3, 0.4) is 0 Å². The molecule has 1 fully saturated rings. The minimum absolute atomic E-state index is 0.00115. The number of rotatable bonds is 4. The van der Waals surface area contributed by atoms with Gasteiger partial charge < -0.3 is 19.9 Å². The standard InChI is InChI=1S/C18H21N5O3/c1-13(24)14-3-5-15(6-4-14)20-18(25)23-11-9-22(10-12-23)17-19-8-7-16(21-17)26-2/h3-8H,9-12H2,1-2H3,(H,20,25). The maximum Gasteiger partial charge on any atom is 0.321 e. The summed E-state index contributed by atoms with van der Waals surface area (Å²) >= 11 is 0. The number of ketones is 1. The highest BCUT2D eigenvalue weighted by atomic mass is 16.5. The molecule has 8 heteroatoms. The van der Waals surface area contributed by atoms with Gasteiger partial charge in [0.2, 0.25) is 11.8 Å². The molecule has 0 saturated carbocycles. The van der Waals surface area contributed by atoms with Crippen LogP contribution < -0.4 is 15.0 Å². The number of nitrogens with zero attached hydrogens (tertiary/aromatic N) is 4. The summed E-state index contributed by atoms with van der Waals surface area (Å²) < 4.78 is 5.12. The molecular weight excluding hydrogens is 334 g/mol. The van der Waals surface area contributed by atoms with Gasteiger partial charge in [-0.25, -0.2) is 9.78 Å². The molecule has 2 amide bonds. The molecule has 3 rings (SSSR count). The Morgan fingerprint density at radius 1 is 1.08 bits per heavy atom. The highest BCUT2D eigenvalue weighted by Gasteiger charge is 2.23. The van der Waals surface area contributed by atoms with E-state index in [-0.39, 0.29) is 11.8 Å². The molecule has 1 aliphatic rings. The van der Waals surface area contributed by atoms with Gasteiger partial charge in [0.15, 0.2) is 5.78 Å². The van der Waals surface area contributed by atoms with E-state index in [2.05, 4.69) is 15.3 Å². The number of carbonyl (C=O) groups is 2. The van der Waals surface area contributed by atoms with E-state index < -0.39 is 0 Å². The Bertz CT molecular complexity index is 786. The maximum atomic E-state index is 12.4. The Labute approximate surface area is 151 Å². The van der Waals surface area contributed by atoms with Crippen molar-refractivity contribution in [2.45, 2.75) is 6.92 Å². The second kappa shape index (κ2) is 7.81. The van der Waals surface area contributed by atoms with Gasteiger partial charge in [-0.15, -0.1) is 0 Å². The topological polar surface area (TPSA) is 87.7 Å². The van der Waals surface area contributed by atoms with Crippen LogP contribution in [0, 0.1) is 0 Å². The molecule has 1 saturated heterocycles. The van der Waals surface area contributed by atoms with Crippen LogP contribution in [-0.4, -0.2) is 60.0 Å². The number of Topliss-reactive ketones (excluding diaryl/α,β-unsaturated/α-hetero) is 1. The largest absolute Gasteiger partial charge is 0.481 e. The fraction of sp³-hybridized carbons (Fsp3) is 0.333. The SMILES string of the molecule is COc1ccnc(N2CCN(C(=O)Nc3ccc(C(C)=O)cc3)CC2)n1. The zero-order valence-corrected chi connectivity index (χ0v) is 14.8. The second-order valence-corrected chi connectivity index (χ2v) is 5.94. The number of methoxy groups -OCH3 is 1. The zero-order chi connectivity index (χ0) is 18.5. The molecule has 26 heavy (non-hydrogen) atoms. The van der Waals surface area contributed by atoms with Crippen molar-refractivity contribution in [1.29, 1.82) is 0 Å². The van der Waals surface area contributed by atoms with Crippen molar-refractivity contribution in [3.05, 3.63) is 42.1 Å². The molecule has 1 aromatic carbocycles. The lowest BCUT2D eigenvalue weighted by Gasteiger charge is -2.34. The Morgan fingerprint density at radius 2 is 1.77 bits per heavy atom. The monoisotopic (exact) mass is 355 g/mol. The van der Waals surface area contributed by atoms with Gasteiger partial charge in [-0.3, -0.25) is 4.79 Å². The Kier molecular flexibility index (Phi) is 5.31. The average Bonchev–Trinajstić information content (AvgIpc) is 2.68. The molecule has 2 aromatic rings. The van der Waals surface area contributed by atoms with E-state index in [9.17, 15) is 9.59 Å². The highest BCUT2D eigenvalue weighted by molar-refractivity contribution is 5.95. The number of nitrogens with one attached hydrogen (secondary N) is 1. The number of aromatic nitrogens is 2. The minimum Gasteiger partial charge on any atom is -0.481 e. The maximum absolute atomic E-state index is 12.4. The Hall–Kier alpha value is -3.16. The Balaban J connectivity index is 1.55. The predicted octanol–water partition coefficient (Wildman–Crippen LogP) is 2.04. The van der Waals surface area contributed by atoms with Crippen LogP contribution in [0.1, 0.15) is 17.3 Å². The van der Waals surface area contributed by atoms with Gasteiger partial charge in [-0.2, -0.15) is 4.98 Å². The first-order chi connectivity index (χ1) is 12.6. The summed E-state index contributed by atoms with van der Waals surface area (Å²) in [5, 5.41) is 2.86. The molecule has 2 heterocycles. The third-order valence-corrected chi connectivity index (χ3v) is 4.22. The quantitative estimate of drug-likeness (QED) is 0.845. The highest BCUT2D eigenvalue weighted by Crippen LogP contribution is 2.16. The summed E-state index contributed by atoms with van der Waals surface area (Å²) in [5.74, 6) is 1.12. The van der Waals surface area contributed by atoms with Gasteiger partial charge in [0, 0.05) is 49.7 Å². The zero-order valence-electron chi connectivity index (χ0n) is 14.8. The number of hydrogen-bond donors (Lipinski definition) is 1. The average molecular weight is 355 g/mol. The molecule has 0 spiro atoms. The van der Waals surface area contributed by atoms with Crippen LogP contribution in [0.25, 0.3) is 0 Å². The summed E-state index contributed by atoms with van der Waals surface area (Å²) in [6, 6.07) is 8.41. The van der Waals surface area contributed by atoms with Gasteiger partial charge in [0.05, 0.1) is 7.11 Å². The van der Waals surface area contributed by atoms with Crippen molar-refractivity contribution in [2.75, 3.05) is 43.5 Å². The third kappa shape index (κ3) is 4.08. The fourth-order valence-corrected chi connectivity index (χ4v) is 2.70. The number of carbonyl (C=O) groups excluding carboxylic acids is 2. The molecule has 1 aliphatic heterocycles. The molecule has 1 N–H and O–H groups in total. The number of ether oxygens (including phenoxy) is 1. The number of amides is 2. The third-order valence-electron chi connectivity index (χ3n) is 4.22. The van der Waals surface area contributed by atoms with Gasteiger partial charge in [-0.1, -0.05) is 0 Å². The lowest BCUT2D eigenvalue weighted by molar-refractivity contribution is 0.101. The van der Waals surface area contributed by atoms with Gasteiger partial charge in [0.25, 0.3) is 0 Å². The summed E-state index contributed by atoms with van der Waals surface area (Å²) in [6.45, 7) is 3.93. The molecule has 0 unspecified atom stereocenters. The van der Waals surface area contributed by atoms with Crippen molar-refractivity contribution in [3.63, 3.8) is 0 Å². The van der Waals surface area contributed by atoms with E-state index in [1.807, 2.05) is 4.90 Å². The molecule has 0 radical (unpaired) electrons. The first-order valence-corrected chi connectivity index (χ1v) is 8.36. The van der Waals surface area contributed by atoms with Crippen molar-refractivity contribution in [3.8, 4) is 5.88 Å². The van der Waals surface area contributed by atoms with Gasteiger partial charge >= 0.3 is 6.03 Å². The summed E-state index contributed by atoms with van der Waals surface area (Å²) in [5.41, 5.74) is 1.29. The van der Waals surface area contributed by atoms with E-state index in [1.165, 1.54) is 6.92 Å². The van der Waals surface area contributed by atoms with Crippen LogP contribution >= 0.6 is 0 Å². The number of hydrogen-bond acceptors (Lipinski definition) is 6. The second-order valence-electron chi connectivity index (χ2n) is 5.94. The molecule has 0 bridgehead atoms.